The van der Waals surface area contributed by atoms with Crippen LogP contribution in [0.3, 0.4) is 0 Å². The summed E-state index contributed by atoms with van der Waals surface area (Å²) in [7, 11) is 0. The third kappa shape index (κ3) is 1.33. The number of fused-ring (bicyclic) bond motifs is 5. The van der Waals surface area contributed by atoms with Crippen molar-refractivity contribution < 1.29 is 13.6 Å². The average Bonchev–Trinajstić information content (AvgIpc) is 2.88. The Morgan fingerprint density at radius 2 is 1.75 bits per heavy atom. The summed E-state index contributed by atoms with van der Waals surface area (Å²) in [4.78, 5) is 14.1. The zero-order valence-corrected chi connectivity index (χ0v) is 11.7. The first-order chi connectivity index (χ1) is 9.59. The third-order valence-corrected chi connectivity index (χ3v) is 4.88. The van der Waals surface area contributed by atoms with E-state index in [1.165, 1.54) is 0 Å². The van der Waals surface area contributed by atoms with Gasteiger partial charge in [0, 0.05) is 17.3 Å². The lowest BCUT2D eigenvalue weighted by molar-refractivity contribution is 0.0975. The van der Waals surface area contributed by atoms with E-state index in [-0.39, 0.29) is 16.2 Å². The number of rotatable bonds is 0. The topological polar surface area (TPSA) is 20.3 Å². The molecule has 2 aliphatic heterocycles. The molecule has 0 aromatic heterocycles. The number of hydrogen-bond donors (Lipinski definition) is 0. The number of ketones is 1. The molecule has 20 heavy (non-hydrogen) atoms. The summed E-state index contributed by atoms with van der Waals surface area (Å²) in [6.45, 7) is 0. The van der Waals surface area contributed by atoms with Crippen molar-refractivity contribution in [3.8, 4) is 0 Å². The van der Waals surface area contributed by atoms with Crippen LogP contribution in [0.4, 0.5) is 20.2 Å². The number of Topliss-reactive ketones (excluding diaryl/α,β-unsaturated/α-hetero) is 1. The third-order valence-electron chi connectivity index (χ3n) is 3.88. The van der Waals surface area contributed by atoms with Crippen molar-refractivity contribution in [3.05, 3.63) is 59.2 Å². The van der Waals surface area contributed by atoms with Gasteiger partial charge < -0.3 is 4.90 Å². The van der Waals surface area contributed by atoms with Gasteiger partial charge in [0.2, 0.25) is 0 Å². The summed E-state index contributed by atoms with van der Waals surface area (Å²) in [5.41, 5.74) is 2.53. The maximum absolute atomic E-state index is 13.5. The number of nitrogens with zero attached hydrogens (tertiary/aromatic N) is 1. The van der Waals surface area contributed by atoms with Crippen LogP contribution in [-0.2, 0) is 0 Å². The Balaban J connectivity index is 2.00. The Bertz CT molecular complexity index is 762. The van der Waals surface area contributed by atoms with Crippen LogP contribution >= 0.6 is 15.9 Å². The lowest BCUT2D eigenvalue weighted by Crippen LogP contribution is -2.29. The molecule has 2 atom stereocenters. The molecule has 2 aliphatic rings. The molecule has 0 bridgehead atoms. The van der Waals surface area contributed by atoms with E-state index in [0.717, 1.165) is 23.4 Å². The van der Waals surface area contributed by atoms with Crippen molar-refractivity contribution in [3.63, 3.8) is 0 Å². The quantitative estimate of drug-likeness (QED) is 0.675. The Kier molecular flexibility index (Phi) is 2.33. The minimum absolute atomic E-state index is 0.176. The van der Waals surface area contributed by atoms with Crippen molar-refractivity contribution in [1.82, 2.24) is 0 Å². The van der Waals surface area contributed by atoms with E-state index in [2.05, 4.69) is 15.9 Å². The fraction of sp³-hybridized carbons (Fsp3) is 0.133. The van der Waals surface area contributed by atoms with Crippen LogP contribution in [0.5, 0.6) is 0 Å². The van der Waals surface area contributed by atoms with Crippen LogP contribution in [0.25, 0.3) is 0 Å². The molecule has 2 heterocycles. The Hall–Kier alpha value is -1.75. The van der Waals surface area contributed by atoms with Crippen LogP contribution < -0.4 is 4.90 Å². The van der Waals surface area contributed by atoms with Crippen molar-refractivity contribution in [2.75, 3.05) is 4.90 Å². The van der Waals surface area contributed by atoms with E-state index in [1.54, 1.807) is 4.90 Å². The van der Waals surface area contributed by atoms with Crippen molar-refractivity contribution >= 4 is 33.1 Å². The van der Waals surface area contributed by atoms with Crippen LogP contribution in [0, 0.1) is 11.6 Å². The van der Waals surface area contributed by atoms with Gasteiger partial charge >= 0.3 is 0 Å². The molecular formula is C15H8BrF2NO. The average molecular weight is 336 g/mol. The largest absolute Gasteiger partial charge is 0.328 e. The van der Waals surface area contributed by atoms with Gasteiger partial charge in [-0.3, -0.25) is 4.79 Å². The molecule has 2 aromatic carbocycles. The summed E-state index contributed by atoms with van der Waals surface area (Å²) in [5.74, 6) is -2.11. The minimum Gasteiger partial charge on any atom is -0.328 e. The van der Waals surface area contributed by atoms with Gasteiger partial charge in [0.1, 0.15) is 6.04 Å². The second kappa shape index (κ2) is 3.88. The van der Waals surface area contributed by atoms with Crippen molar-refractivity contribution in [2.45, 2.75) is 10.9 Å². The van der Waals surface area contributed by atoms with E-state index < -0.39 is 17.7 Å². The van der Waals surface area contributed by atoms with Gasteiger partial charge in [0.05, 0.1) is 10.5 Å². The smallest absolute Gasteiger partial charge is 0.189 e. The number of alkyl halides is 1. The van der Waals surface area contributed by atoms with Gasteiger partial charge in [0.25, 0.3) is 0 Å². The lowest BCUT2D eigenvalue weighted by Gasteiger charge is -2.19. The van der Waals surface area contributed by atoms with Gasteiger partial charge in [-0.05, 0) is 17.7 Å². The maximum atomic E-state index is 13.5. The zero-order chi connectivity index (χ0) is 14.0. The fourth-order valence-corrected chi connectivity index (χ4v) is 3.88. The van der Waals surface area contributed by atoms with E-state index >= 15 is 0 Å². The summed E-state index contributed by atoms with van der Waals surface area (Å²) in [5, 5.41) is 0. The van der Waals surface area contributed by atoms with Gasteiger partial charge in [0.15, 0.2) is 17.4 Å². The van der Waals surface area contributed by atoms with E-state index in [0.29, 0.717) is 5.69 Å². The maximum Gasteiger partial charge on any atom is 0.189 e. The molecule has 0 saturated carbocycles. The second-order valence-corrected chi connectivity index (χ2v) is 5.91. The first-order valence-corrected chi connectivity index (χ1v) is 7.06. The number of benzene rings is 2. The van der Waals surface area contributed by atoms with E-state index in [1.807, 2.05) is 24.3 Å². The van der Waals surface area contributed by atoms with Gasteiger partial charge in [-0.25, -0.2) is 8.78 Å². The predicted octanol–water partition coefficient (Wildman–Crippen LogP) is 4.12. The highest BCUT2D eigenvalue weighted by Gasteiger charge is 2.48. The van der Waals surface area contributed by atoms with Gasteiger partial charge in [-0.2, -0.15) is 0 Å². The van der Waals surface area contributed by atoms with E-state index in [9.17, 15) is 13.6 Å². The monoisotopic (exact) mass is 335 g/mol. The number of carbonyl (C=O) groups excluding carboxylic acids is 1. The van der Waals surface area contributed by atoms with Gasteiger partial charge in [-0.15, -0.1) is 0 Å². The first-order valence-electron chi connectivity index (χ1n) is 6.15. The minimum atomic E-state index is -0.988. The highest BCUT2D eigenvalue weighted by Crippen LogP contribution is 2.53. The van der Waals surface area contributed by atoms with Crippen LogP contribution in [-0.4, -0.2) is 11.8 Å². The normalized spacial score (nSPS) is 22.8. The van der Waals surface area contributed by atoms with Crippen LogP contribution in [0.2, 0.25) is 0 Å². The summed E-state index contributed by atoms with van der Waals surface area (Å²) in [6.07, 6.45) is 0. The molecule has 0 spiro atoms. The van der Waals surface area contributed by atoms with Crippen molar-refractivity contribution in [2.24, 2.45) is 0 Å². The predicted molar refractivity (Wildman–Crippen MR) is 74.7 cm³/mol. The molecule has 4 rings (SSSR count). The molecular weight excluding hydrogens is 328 g/mol. The highest BCUT2D eigenvalue weighted by atomic mass is 79.9. The molecule has 0 radical (unpaired) electrons. The first kappa shape index (κ1) is 12.0. The number of halogens is 3. The molecule has 0 N–H and O–H groups in total. The summed E-state index contributed by atoms with van der Waals surface area (Å²) in [6, 6.07) is 9.20. The Labute approximate surface area is 122 Å². The molecule has 2 unspecified atom stereocenters. The standard InChI is InChI=1S/C15H8BrF2NO/c16-13-7-3-1-2-4-11(7)19-12-6-10(18)9(17)5-8(12)15(20)14(13)19/h1-6,13-14H. The summed E-state index contributed by atoms with van der Waals surface area (Å²) >= 11 is 3.53. The van der Waals surface area contributed by atoms with Gasteiger partial charge in [-0.1, -0.05) is 34.1 Å². The molecule has 2 aromatic rings. The Morgan fingerprint density at radius 3 is 2.55 bits per heavy atom. The second-order valence-electron chi connectivity index (χ2n) is 4.92. The molecule has 5 heteroatoms. The number of para-hydroxylation sites is 1. The van der Waals surface area contributed by atoms with Crippen LogP contribution in [0.1, 0.15) is 20.7 Å². The molecule has 2 nitrogen and oxygen atoms in total. The zero-order valence-electron chi connectivity index (χ0n) is 10.1. The molecule has 0 saturated heterocycles. The van der Waals surface area contributed by atoms with Crippen LogP contribution in [0.15, 0.2) is 36.4 Å². The number of hydrogen-bond acceptors (Lipinski definition) is 2. The number of anilines is 2. The fourth-order valence-electron chi connectivity index (χ4n) is 3.01. The summed E-state index contributed by atoms with van der Waals surface area (Å²) < 4.78 is 26.9. The molecule has 0 aliphatic carbocycles. The highest BCUT2D eigenvalue weighted by molar-refractivity contribution is 9.09. The number of carbonyl (C=O) groups is 1. The molecule has 100 valence electrons. The van der Waals surface area contributed by atoms with Crippen molar-refractivity contribution in [1.29, 1.82) is 0 Å². The lowest BCUT2D eigenvalue weighted by atomic mass is 10.0. The SMILES string of the molecule is O=C1c2cc(F)c(F)cc2N2c3ccccc3C(Br)C12. The Morgan fingerprint density at radius 1 is 1.05 bits per heavy atom. The van der Waals surface area contributed by atoms with E-state index in [4.69, 9.17) is 0 Å². The molecule has 0 amide bonds. The molecule has 0 fully saturated rings.